The number of nitrogens with zero attached hydrogens (tertiary/aromatic N) is 3. The fraction of sp³-hybridized carbons (Fsp3) is 0.167. The molecule has 1 amide bonds. The average Bonchev–Trinajstić information content (AvgIpc) is 3.27. The van der Waals surface area contributed by atoms with Crippen LogP contribution in [0.5, 0.6) is 0 Å². The van der Waals surface area contributed by atoms with Crippen molar-refractivity contribution in [1.29, 1.82) is 0 Å². The van der Waals surface area contributed by atoms with Crippen LogP contribution in [0.3, 0.4) is 0 Å². The van der Waals surface area contributed by atoms with Gasteiger partial charge in [-0.3, -0.25) is 10.1 Å². The van der Waals surface area contributed by atoms with Gasteiger partial charge in [0, 0.05) is 18.7 Å². The van der Waals surface area contributed by atoms with Crippen molar-refractivity contribution in [2.75, 3.05) is 5.32 Å². The van der Waals surface area contributed by atoms with Gasteiger partial charge in [-0.05, 0) is 19.4 Å². The Kier molecular flexibility index (Phi) is 3.85. The quantitative estimate of drug-likeness (QED) is 0.602. The summed E-state index contributed by atoms with van der Waals surface area (Å²) in [6, 6.07) is 11.9. The zero-order chi connectivity index (χ0) is 17.4. The van der Waals surface area contributed by atoms with Crippen LogP contribution in [0.4, 0.5) is 5.13 Å². The summed E-state index contributed by atoms with van der Waals surface area (Å²) >= 11 is 1.34. The molecule has 3 heterocycles. The fourth-order valence-electron chi connectivity index (χ4n) is 2.72. The summed E-state index contributed by atoms with van der Waals surface area (Å²) < 4.78 is 7.43. The van der Waals surface area contributed by atoms with E-state index in [2.05, 4.69) is 46.7 Å². The lowest BCUT2D eigenvalue weighted by Gasteiger charge is -2.10. The summed E-state index contributed by atoms with van der Waals surface area (Å²) in [5.74, 6) is -0.227. The largest absolute Gasteiger partial charge is 0.463 e. The van der Waals surface area contributed by atoms with Crippen molar-refractivity contribution in [3.8, 4) is 0 Å². The molecular formula is C18H16N4O2S. The van der Waals surface area contributed by atoms with Gasteiger partial charge in [0.1, 0.15) is 10.7 Å². The molecule has 0 spiro atoms. The summed E-state index contributed by atoms with van der Waals surface area (Å²) in [7, 11) is 0. The number of aryl methyl sites for hydroxylation is 2. The number of fused-ring (bicyclic) bond motifs is 1. The van der Waals surface area contributed by atoms with E-state index in [4.69, 9.17) is 4.42 Å². The number of furan rings is 1. The standard InChI is InChI=1S/C18H16N4O2S/c1-11-3-5-13(6-4-11)10-22-14-7-8-24-16(14)9-15(22)17(23)19-18-21-20-12(2)25-18/h3-9H,10H2,1-2H3,(H,19,21,23). The van der Waals surface area contributed by atoms with Crippen molar-refractivity contribution < 1.29 is 9.21 Å². The Morgan fingerprint density at radius 3 is 2.72 bits per heavy atom. The first-order valence-corrected chi connectivity index (χ1v) is 8.65. The monoisotopic (exact) mass is 352 g/mol. The third-order valence-electron chi connectivity index (χ3n) is 3.96. The van der Waals surface area contributed by atoms with E-state index in [9.17, 15) is 4.79 Å². The van der Waals surface area contributed by atoms with E-state index in [1.807, 2.05) is 17.6 Å². The van der Waals surface area contributed by atoms with Crippen molar-refractivity contribution in [3.63, 3.8) is 0 Å². The fourth-order valence-corrected chi connectivity index (χ4v) is 3.31. The number of hydrogen-bond donors (Lipinski definition) is 1. The van der Waals surface area contributed by atoms with Gasteiger partial charge in [-0.15, -0.1) is 10.2 Å². The Hall–Kier alpha value is -2.93. The van der Waals surface area contributed by atoms with E-state index < -0.39 is 0 Å². The molecule has 0 aliphatic heterocycles. The van der Waals surface area contributed by atoms with Gasteiger partial charge in [-0.2, -0.15) is 0 Å². The minimum absolute atomic E-state index is 0.227. The number of carbonyl (C=O) groups excluding carboxylic acids is 1. The Labute approximate surface area is 148 Å². The SMILES string of the molecule is Cc1ccc(Cn2c(C(=O)Nc3nnc(C)s3)cc3occc32)cc1. The third kappa shape index (κ3) is 3.06. The van der Waals surface area contributed by atoms with Crippen molar-refractivity contribution in [2.45, 2.75) is 20.4 Å². The molecule has 0 aliphatic rings. The van der Waals surface area contributed by atoms with Crippen LogP contribution in [0.15, 0.2) is 47.1 Å². The van der Waals surface area contributed by atoms with Crippen LogP contribution in [0.25, 0.3) is 11.1 Å². The molecule has 126 valence electrons. The van der Waals surface area contributed by atoms with Crippen LogP contribution < -0.4 is 5.32 Å². The van der Waals surface area contributed by atoms with E-state index in [1.54, 1.807) is 12.3 Å². The van der Waals surface area contributed by atoms with E-state index in [-0.39, 0.29) is 5.91 Å². The highest BCUT2D eigenvalue weighted by Gasteiger charge is 2.19. The second kappa shape index (κ2) is 6.18. The molecule has 6 nitrogen and oxygen atoms in total. The highest BCUT2D eigenvalue weighted by molar-refractivity contribution is 7.15. The number of nitrogens with one attached hydrogen (secondary N) is 1. The Morgan fingerprint density at radius 2 is 2.00 bits per heavy atom. The predicted molar refractivity (Wildman–Crippen MR) is 97.1 cm³/mol. The van der Waals surface area contributed by atoms with Crippen LogP contribution in [0, 0.1) is 13.8 Å². The number of rotatable bonds is 4. The lowest BCUT2D eigenvalue weighted by Crippen LogP contribution is -2.17. The molecular weight excluding hydrogens is 336 g/mol. The normalized spacial score (nSPS) is 11.1. The van der Waals surface area contributed by atoms with Crippen LogP contribution in [-0.4, -0.2) is 20.7 Å². The van der Waals surface area contributed by atoms with Gasteiger partial charge in [0.25, 0.3) is 5.91 Å². The smallest absolute Gasteiger partial charge is 0.274 e. The van der Waals surface area contributed by atoms with Crippen LogP contribution in [0.1, 0.15) is 26.6 Å². The molecule has 0 radical (unpaired) electrons. The highest BCUT2D eigenvalue weighted by Crippen LogP contribution is 2.24. The van der Waals surface area contributed by atoms with Crippen molar-refractivity contribution in [1.82, 2.24) is 14.8 Å². The van der Waals surface area contributed by atoms with Crippen LogP contribution in [-0.2, 0) is 6.54 Å². The molecule has 0 saturated carbocycles. The number of aromatic nitrogens is 3. The number of anilines is 1. The minimum Gasteiger partial charge on any atom is -0.463 e. The maximum Gasteiger partial charge on any atom is 0.274 e. The van der Waals surface area contributed by atoms with E-state index >= 15 is 0 Å². The second-order valence-electron chi connectivity index (χ2n) is 5.85. The lowest BCUT2D eigenvalue weighted by atomic mass is 10.1. The maximum absolute atomic E-state index is 12.7. The van der Waals surface area contributed by atoms with Crippen molar-refractivity contribution in [2.24, 2.45) is 0 Å². The minimum atomic E-state index is -0.227. The summed E-state index contributed by atoms with van der Waals surface area (Å²) in [6.45, 7) is 4.48. The zero-order valence-corrected chi connectivity index (χ0v) is 14.6. The van der Waals surface area contributed by atoms with E-state index in [1.165, 1.54) is 16.9 Å². The molecule has 0 saturated heterocycles. The Balaban J connectivity index is 1.69. The summed E-state index contributed by atoms with van der Waals surface area (Å²) in [5.41, 5.74) is 4.42. The molecule has 0 bridgehead atoms. The van der Waals surface area contributed by atoms with E-state index in [0.717, 1.165) is 16.1 Å². The molecule has 0 aliphatic carbocycles. The van der Waals surface area contributed by atoms with Gasteiger partial charge in [0.05, 0.1) is 11.8 Å². The maximum atomic E-state index is 12.7. The van der Waals surface area contributed by atoms with Gasteiger partial charge in [-0.25, -0.2) is 0 Å². The molecule has 0 unspecified atom stereocenters. The van der Waals surface area contributed by atoms with E-state index in [0.29, 0.717) is 23.0 Å². The summed E-state index contributed by atoms with van der Waals surface area (Å²) in [4.78, 5) is 12.7. The molecule has 7 heteroatoms. The first kappa shape index (κ1) is 15.6. The van der Waals surface area contributed by atoms with Gasteiger partial charge < -0.3 is 8.98 Å². The molecule has 0 atom stereocenters. The molecule has 25 heavy (non-hydrogen) atoms. The first-order chi connectivity index (χ1) is 12.1. The van der Waals surface area contributed by atoms with Gasteiger partial charge in [0.15, 0.2) is 5.58 Å². The molecule has 4 aromatic rings. The molecule has 1 aromatic carbocycles. The Morgan fingerprint density at radius 1 is 1.20 bits per heavy atom. The topological polar surface area (TPSA) is 73.0 Å². The molecule has 3 aromatic heterocycles. The highest BCUT2D eigenvalue weighted by atomic mass is 32.1. The van der Waals surface area contributed by atoms with Crippen molar-refractivity contribution in [3.05, 3.63) is 64.5 Å². The Bertz CT molecular complexity index is 1040. The number of hydrogen-bond acceptors (Lipinski definition) is 5. The van der Waals surface area contributed by atoms with Crippen molar-refractivity contribution >= 4 is 33.5 Å². The molecule has 4 rings (SSSR count). The number of amides is 1. The van der Waals surface area contributed by atoms with Gasteiger partial charge in [-0.1, -0.05) is 41.2 Å². The van der Waals surface area contributed by atoms with Gasteiger partial charge in [0.2, 0.25) is 5.13 Å². The van der Waals surface area contributed by atoms with Crippen LogP contribution >= 0.6 is 11.3 Å². The third-order valence-corrected chi connectivity index (χ3v) is 4.72. The number of benzene rings is 1. The zero-order valence-electron chi connectivity index (χ0n) is 13.8. The second-order valence-corrected chi connectivity index (χ2v) is 7.03. The van der Waals surface area contributed by atoms with Crippen LogP contribution in [0.2, 0.25) is 0 Å². The first-order valence-electron chi connectivity index (χ1n) is 7.84. The lowest BCUT2D eigenvalue weighted by molar-refractivity contribution is 0.101. The van der Waals surface area contributed by atoms with Gasteiger partial charge >= 0.3 is 0 Å². The average molecular weight is 352 g/mol. The number of carbonyl (C=O) groups is 1. The molecule has 1 N–H and O–H groups in total. The summed E-state index contributed by atoms with van der Waals surface area (Å²) in [5, 5.41) is 12.0. The predicted octanol–water partition coefficient (Wildman–Crippen LogP) is 4.00. The summed E-state index contributed by atoms with van der Waals surface area (Å²) in [6.07, 6.45) is 1.63. The molecule has 0 fully saturated rings.